The highest BCUT2D eigenvalue weighted by Crippen LogP contribution is 2.18. The summed E-state index contributed by atoms with van der Waals surface area (Å²) in [7, 11) is 0. The van der Waals surface area contributed by atoms with Gasteiger partial charge < -0.3 is 14.6 Å². The summed E-state index contributed by atoms with van der Waals surface area (Å²) in [5, 5.41) is 2.90. The Balaban J connectivity index is 1.29. The van der Waals surface area contributed by atoms with Crippen LogP contribution in [-0.4, -0.2) is 47.8 Å². The van der Waals surface area contributed by atoms with Crippen LogP contribution in [0.15, 0.2) is 65.1 Å². The summed E-state index contributed by atoms with van der Waals surface area (Å²) < 4.78 is 5.50. The molecule has 0 radical (unpaired) electrons. The molecule has 2 heterocycles. The molecule has 160 valence electrons. The van der Waals surface area contributed by atoms with Gasteiger partial charge in [-0.2, -0.15) is 0 Å². The Morgan fingerprint density at radius 1 is 0.935 bits per heavy atom. The maximum Gasteiger partial charge on any atom is 0.257 e. The lowest BCUT2D eigenvalue weighted by Crippen LogP contribution is -2.48. The zero-order chi connectivity index (χ0) is 21.8. The first-order valence-electron chi connectivity index (χ1n) is 10.5. The number of anilines is 1. The van der Waals surface area contributed by atoms with E-state index in [-0.39, 0.29) is 11.8 Å². The van der Waals surface area contributed by atoms with Gasteiger partial charge in [0.15, 0.2) is 0 Å². The molecule has 6 heteroatoms. The number of hydrogen-bond donors (Lipinski definition) is 1. The minimum absolute atomic E-state index is 0.0442. The molecule has 1 saturated heterocycles. The second-order valence-electron chi connectivity index (χ2n) is 7.91. The van der Waals surface area contributed by atoms with Gasteiger partial charge in [0.25, 0.3) is 11.8 Å². The zero-order valence-corrected chi connectivity index (χ0v) is 17.9. The summed E-state index contributed by atoms with van der Waals surface area (Å²) in [4.78, 5) is 29.4. The maximum atomic E-state index is 12.7. The second-order valence-corrected chi connectivity index (χ2v) is 7.91. The Morgan fingerprint density at radius 2 is 1.61 bits per heavy atom. The van der Waals surface area contributed by atoms with E-state index in [9.17, 15) is 9.59 Å². The topological polar surface area (TPSA) is 65.8 Å². The molecule has 1 fully saturated rings. The first-order valence-corrected chi connectivity index (χ1v) is 10.5. The first kappa shape index (κ1) is 20.9. The van der Waals surface area contributed by atoms with Gasteiger partial charge in [0, 0.05) is 44.0 Å². The lowest BCUT2D eigenvalue weighted by Gasteiger charge is -2.34. The van der Waals surface area contributed by atoms with Crippen LogP contribution in [0.25, 0.3) is 0 Å². The standard InChI is InChI=1S/C25H27N3O3/c1-18-16-23(19(2)31-18)25(30)28-14-12-27(13-15-28)17-20-8-10-21(11-9-20)24(29)26-22-6-4-3-5-7-22/h3-11,16H,12-15,17H2,1-2H3,(H,26,29). The van der Waals surface area contributed by atoms with Crippen LogP contribution in [0.4, 0.5) is 5.69 Å². The van der Waals surface area contributed by atoms with Crippen LogP contribution in [-0.2, 0) is 6.54 Å². The maximum absolute atomic E-state index is 12.7. The largest absolute Gasteiger partial charge is 0.466 e. The number of amides is 2. The summed E-state index contributed by atoms with van der Waals surface area (Å²) in [6.45, 7) is 7.51. The summed E-state index contributed by atoms with van der Waals surface area (Å²) >= 11 is 0. The van der Waals surface area contributed by atoms with Gasteiger partial charge in [-0.3, -0.25) is 14.5 Å². The molecule has 1 aromatic heterocycles. The minimum Gasteiger partial charge on any atom is -0.466 e. The molecular formula is C25H27N3O3. The Morgan fingerprint density at radius 3 is 2.23 bits per heavy atom. The van der Waals surface area contributed by atoms with E-state index < -0.39 is 0 Å². The Kier molecular flexibility index (Phi) is 6.18. The van der Waals surface area contributed by atoms with E-state index in [2.05, 4.69) is 10.2 Å². The summed E-state index contributed by atoms with van der Waals surface area (Å²) in [5.41, 5.74) is 3.23. The minimum atomic E-state index is -0.116. The number of benzene rings is 2. The predicted octanol–water partition coefficient (Wildman–Crippen LogP) is 4.11. The highest BCUT2D eigenvalue weighted by atomic mass is 16.3. The van der Waals surface area contributed by atoms with Gasteiger partial charge >= 0.3 is 0 Å². The summed E-state index contributed by atoms with van der Waals surface area (Å²) in [5.74, 6) is 1.37. The number of para-hydroxylation sites is 1. The number of furan rings is 1. The average molecular weight is 418 g/mol. The first-order chi connectivity index (χ1) is 15.0. The van der Waals surface area contributed by atoms with Crippen LogP contribution < -0.4 is 5.32 Å². The van der Waals surface area contributed by atoms with Crippen molar-refractivity contribution in [1.82, 2.24) is 9.80 Å². The van der Waals surface area contributed by atoms with E-state index >= 15 is 0 Å². The monoisotopic (exact) mass is 417 g/mol. The molecule has 0 bridgehead atoms. The van der Waals surface area contributed by atoms with Crippen LogP contribution in [0.5, 0.6) is 0 Å². The Bertz CT molecular complexity index is 1050. The average Bonchev–Trinajstić information content (AvgIpc) is 3.13. The van der Waals surface area contributed by atoms with Gasteiger partial charge in [-0.25, -0.2) is 0 Å². The SMILES string of the molecule is Cc1cc(C(=O)N2CCN(Cc3ccc(C(=O)Nc4ccccc4)cc3)CC2)c(C)o1. The summed E-state index contributed by atoms with van der Waals surface area (Å²) in [6, 6.07) is 19.0. The predicted molar refractivity (Wildman–Crippen MR) is 120 cm³/mol. The second kappa shape index (κ2) is 9.18. The van der Waals surface area contributed by atoms with Crippen molar-refractivity contribution in [2.75, 3.05) is 31.5 Å². The summed E-state index contributed by atoms with van der Waals surface area (Å²) in [6.07, 6.45) is 0. The highest BCUT2D eigenvalue weighted by Gasteiger charge is 2.24. The van der Waals surface area contributed by atoms with Crippen LogP contribution >= 0.6 is 0 Å². The fourth-order valence-electron chi connectivity index (χ4n) is 3.87. The molecule has 1 aliphatic rings. The molecule has 1 aliphatic heterocycles. The van der Waals surface area contributed by atoms with Crippen molar-refractivity contribution >= 4 is 17.5 Å². The van der Waals surface area contributed by atoms with Crippen molar-refractivity contribution in [3.63, 3.8) is 0 Å². The lowest BCUT2D eigenvalue weighted by molar-refractivity contribution is 0.0626. The zero-order valence-electron chi connectivity index (χ0n) is 17.9. The molecule has 3 aromatic rings. The smallest absolute Gasteiger partial charge is 0.257 e. The normalized spacial score (nSPS) is 14.5. The number of carbonyl (C=O) groups excluding carboxylic acids is 2. The molecule has 6 nitrogen and oxygen atoms in total. The molecule has 0 saturated carbocycles. The molecule has 1 N–H and O–H groups in total. The fraction of sp³-hybridized carbons (Fsp3) is 0.280. The van der Waals surface area contributed by atoms with Crippen molar-refractivity contribution in [2.45, 2.75) is 20.4 Å². The molecule has 0 unspecified atom stereocenters. The number of piperazine rings is 1. The highest BCUT2D eigenvalue weighted by molar-refractivity contribution is 6.04. The number of rotatable bonds is 5. The van der Waals surface area contributed by atoms with Crippen LogP contribution in [0.3, 0.4) is 0 Å². The molecule has 31 heavy (non-hydrogen) atoms. The van der Waals surface area contributed by atoms with Gasteiger partial charge in [-0.15, -0.1) is 0 Å². The third kappa shape index (κ3) is 5.03. The third-order valence-corrected chi connectivity index (χ3v) is 5.58. The molecule has 2 aromatic carbocycles. The Labute approximate surface area is 182 Å². The molecule has 4 rings (SSSR count). The van der Waals surface area contributed by atoms with Gasteiger partial charge in [0.2, 0.25) is 0 Å². The van der Waals surface area contributed by atoms with Crippen LogP contribution in [0.2, 0.25) is 0 Å². The molecule has 0 aliphatic carbocycles. The van der Waals surface area contributed by atoms with Crippen molar-refractivity contribution in [3.8, 4) is 0 Å². The number of carbonyl (C=O) groups is 2. The van der Waals surface area contributed by atoms with Crippen molar-refractivity contribution in [1.29, 1.82) is 0 Å². The van der Waals surface area contributed by atoms with Gasteiger partial charge in [-0.1, -0.05) is 30.3 Å². The van der Waals surface area contributed by atoms with Crippen molar-refractivity contribution in [3.05, 3.63) is 88.9 Å². The van der Waals surface area contributed by atoms with E-state index in [0.717, 1.165) is 36.6 Å². The van der Waals surface area contributed by atoms with Gasteiger partial charge in [0.05, 0.1) is 5.56 Å². The van der Waals surface area contributed by atoms with E-state index in [1.807, 2.05) is 79.4 Å². The van der Waals surface area contributed by atoms with Crippen LogP contribution in [0.1, 0.15) is 37.8 Å². The van der Waals surface area contributed by atoms with E-state index in [1.165, 1.54) is 0 Å². The van der Waals surface area contributed by atoms with Crippen LogP contribution in [0, 0.1) is 13.8 Å². The molecule has 0 atom stereocenters. The van der Waals surface area contributed by atoms with Crippen molar-refractivity contribution < 1.29 is 14.0 Å². The van der Waals surface area contributed by atoms with E-state index in [0.29, 0.717) is 30.0 Å². The number of nitrogens with zero attached hydrogens (tertiary/aromatic N) is 2. The van der Waals surface area contributed by atoms with Crippen molar-refractivity contribution in [2.24, 2.45) is 0 Å². The fourth-order valence-corrected chi connectivity index (χ4v) is 3.87. The lowest BCUT2D eigenvalue weighted by atomic mass is 10.1. The van der Waals surface area contributed by atoms with Gasteiger partial charge in [-0.05, 0) is 49.7 Å². The van der Waals surface area contributed by atoms with E-state index in [1.54, 1.807) is 0 Å². The number of aryl methyl sites for hydroxylation is 2. The number of hydrogen-bond acceptors (Lipinski definition) is 4. The van der Waals surface area contributed by atoms with Gasteiger partial charge in [0.1, 0.15) is 11.5 Å². The molecule has 2 amide bonds. The molecular weight excluding hydrogens is 390 g/mol. The Hall–Kier alpha value is -3.38. The third-order valence-electron chi connectivity index (χ3n) is 5.58. The number of nitrogens with one attached hydrogen (secondary N) is 1. The van der Waals surface area contributed by atoms with E-state index in [4.69, 9.17) is 4.42 Å². The molecule has 0 spiro atoms. The quantitative estimate of drug-likeness (QED) is 0.679.